The lowest BCUT2D eigenvalue weighted by Gasteiger charge is -2.07. The second-order valence-corrected chi connectivity index (χ2v) is 6.89. The zero-order valence-electron chi connectivity index (χ0n) is 13.6. The van der Waals surface area contributed by atoms with E-state index >= 15 is 0 Å². The monoisotopic (exact) mass is 372 g/mol. The van der Waals surface area contributed by atoms with Crippen LogP contribution in [-0.2, 0) is 21.4 Å². The summed E-state index contributed by atoms with van der Waals surface area (Å²) in [5, 5.41) is 18.7. The Labute approximate surface area is 150 Å². The Bertz CT molecular complexity index is 946. The first-order valence-electron chi connectivity index (χ1n) is 7.46. The van der Waals surface area contributed by atoms with Gasteiger partial charge in [-0.15, -0.1) is 0 Å². The van der Waals surface area contributed by atoms with Crippen molar-refractivity contribution in [2.45, 2.75) is 17.9 Å². The zero-order valence-corrected chi connectivity index (χ0v) is 14.4. The van der Waals surface area contributed by atoms with E-state index in [1.54, 1.807) is 42.5 Å². The number of nitrogens with one attached hydrogen (secondary N) is 2. The van der Waals surface area contributed by atoms with E-state index in [-0.39, 0.29) is 23.8 Å². The van der Waals surface area contributed by atoms with Gasteiger partial charge in [0.2, 0.25) is 15.9 Å². The second kappa shape index (κ2) is 8.24. The normalized spacial score (nSPS) is 10.6. The number of nitrogens with zero attached hydrogens (tertiary/aromatic N) is 1. The van der Waals surface area contributed by atoms with Gasteiger partial charge in [0, 0.05) is 17.8 Å². The maximum atomic E-state index is 12.1. The maximum Gasteiger partial charge on any atom is 0.251 e. The number of hydrogen-bond acceptors (Lipinski definition) is 5. The third kappa shape index (κ3) is 5.41. The van der Waals surface area contributed by atoms with Gasteiger partial charge in [-0.2, -0.15) is 5.26 Å². The van der Waals surface area contributed by atoms with Gasteiger partial charge in [-0.25, -0.2) is 13.6 Å². The van der Waals surface area contributed by atoms with Crippen LogP contribution in [0.5, 0.6) is 0 Å². The van der Waals surface area contributed by atoms with Gasteiger partial charge >= 0.3 is 0 Å². The minimum Gasteiger partial charge on any atom is -0.348 e. The molecule has 0 saturated carbocycles. The first-order chi connectivity index (χ1) is 12.3. The number of primary sulfonamides is 1. The molecule has 0 fully saturated rings. The van der Waals surface area contributed by atoms with Gasteiger partial charge in [-0.05, 0) is 42.0 Å². The summed E-state index contributed by atoms with van der Waals surface area (Å²) in [4.78, 5) is 23.4. The third-order valence-electron chi connectivity index (χ3n) is 3.38. The topological polar surface area (TPSA) is 142 Å². The minimum absolute atomic E-state index is 0.00149. The van der Waals surface area contributed by atoms with Gasteiger partial charge in [0.1, 0.15) is 6.42 Å². The Kier molecular flexibility index (Phi) is 6.06. The van der Waals surface area contributed by atoms with Crippen molar-refractivity contribution in [3.63, 3.8) is 0 Å². The molecule has 2 aromatic carbocycles. The second-order valence-electron chi connectivity index (χ2n) is 5.33. The highest BCUT2D eigenvalue weighted by Gasteiger charge is 2.09. The molecule has 4 N–H and O–H groups in total. The molecule has 0 bridgehead atoms. The van der Waals surface area contributed by atoms with Crippen molar-refractivity contribution >= 4 is 27.5 Å². The number of carbonyl (C=O) groups excluding carboxylic acids is 2. The summed E-state index contributed by atoms with van der Waals surface area (Å²) in [6.07, 6.45) is -0.244. The smallest absolute Gasteiger partial charge is 0.251 e. The van der Waals surface area contributed by atoms with Crippen LogP contribution in [0.2, 0.25) is 0 Å². The van der Waals surface area contributed by atoms with Crippen molar-refractivity contribution in [2.24, 2.45) is 5.14 Å². The van der Waals surface area contributed by atoms with Crippen LogP contribution in [-0.4, -0.2) is 20.2 Å². The molecule has 0 aliphatic carbocycles. The molecule has 2 rings (SSSR count). The van der Waals surface area contributed by atoms with Gasteiger partial charge < -0.3 is 10.6 Å². The highest BCUT2D eigenvalue weighted by Crippen LogP contribution is 2.11. The molecule has 9 heteroatoms. The molecule has 2 aromatic rings. The first-order valence-corrected chi connectivity index (χ1v) is 9.01. The lowest BCUT2D eigenvalue weighted by molar-refractivity contribution is -0.115. The van der Waals surface area contributed by atoms with Crippen LogP contribution in [0.1, 0.15) is 22.3 Å². The molecule has 0 unspecified atom stereocenters. The number of rotatable bonds is 6. The van der Waals surface area contributed by atoms with Gasteiger partial charge in [-0.3, -0.25) is 9.59 Å². The predicted molar refractivity (Wildman–Crippen MR) is 94.3 cm³/mol. The lowest BCUT2D eigenvalue weighted by atomic mass is 10.1. The maximum absolute atomic E-state index is 12.1. The fourth-order valence-electron chi connectivity index (χ4n) is 2.06. The van der Waals surface area contributed by atoms with E-state index in [0.29, 0.717) is 16.8 Å². The molecule has 134 valence electrons. The van der Waals surface area contributed by atoms with Crippen LogP contribution in [0, 0.1) is 11.3 Å². The molecule has 26 heavy (non-hydrogen) atoms. The molecular formula is C17H16N4O4S. The Balaban J connectivity index is 1.93. The van der Waals surface area contributed by atoms with E-state index in [4.69, 9.17) is 10.4 Å². The number of hydrogen-bond donors (Lipinski definition) is 3. The van der Waals surface area contributed by atoms with Gasteiger partial charge in [0.05, 0.1) is 11.0 Å². The highest BCUT2D eigenvalue weighted by molar-refractivity contribution is 7.89. The Morgan fingerprint density at radius 3 is 2.19 bits per heavy atom. The number of amides is 2. The van der Waals surface area contributed by atoms with Gasteiger partial charge in [0.15, 0.2) is 0 Å². The number of carbonyl (C=O) groups is 2. The summed E-state index contributed by atoms with van der Waals surface area (Å²) in [7, 11) is -3.75. The summed E-state index contributed by atoms with van der Waals surface area (Å²) in [6, 6.07) is 13.8. The standard InChI is InChI=1S/C17H16N4O4S/c18-10-9-16(22)21-14-5-3-13(4-6-14)17(23)20-11-12-1-7-15(8-2-12)26(19,24)25/h1-8H,9,11H2,(H,20,23)(H,21,22)(H2,19,24,25). The number of nitriles is 1. The molecule has 0 aromatic heterocycles. The molecule has 0 radical (unpaired) electrons. The van der Waals surface area contributed by atoms with E-state index in [1.807, 2.05) is 0 Å². The first kappa shape index (κ1) is 19.1. The van der Waals surface area contributed by atoms with Crippen molar-refractivity contribution in [3.05, 3.63) is 59.7 Å². The van der Waals surface area contributed by atoms with Crippen LogP contribution < -0.4 is 15.8 Å². The predicted octanol–water partition coefficient (Wildman–Crippen LogP) is 1.12. The molecule has 0 aliphatic heterocycles. The fraction of sp³-hybridized carbons (Fsp3) is 0.118. The lowest BCUT2D eigenvalue weighted by Crippen LogP contribution is -2.23. The fourth-order valence-corrected chi connectivity index (χ4v) is 2.58. The molecule has 0 saturated heterocycles. The van der Waals surface area contributed by atoms with Crippen LogP contribution in [0.25, 0.3) is 0 Å². The van der Waals surface area contributed by atoms with Crippen molar-refractivity contribution in [2.75, 3.05) is 5.32 Å². The van der Waals surface area contributed by atoms with Crippen molar-refractivity contribution in [3.8, 4) is 6.07 Å². The number of anilines is 1. The molecule has 0 spiro atoms. The molecule has 2 amide bonds. The van der Waals surface area contributed by atoms with E-state index in [1.165, 1.54) is 12.1 Å². The summed E-state index contributed by atoms with van der Waals surface area (Å²) in [6.45, 7) is 0.213. The Morgan fingerprint density at radius 2 is 1.65 bits per heavy atom. The number of sulfonamides is 1. The molecule has 8 nitrogen and oxygen atoms in total. The van der Waals surface area contributed by atoms with Gasteiger partial charge in [-0.1, -0.05) is 12.1 Å². The number of nitrogens with two attached hydrogens (primary N) is 1. The van der Waals surface area contributed by atoms with Crippen molar-refractivity contribution in [1.29, 1.82) is 5.26 Å². The largest absolute Gasteiger partial charge is 0.348 e. The Hall–Kier alpha value is -3.22. The molecular weight excluding hydrogens is 356 g/mol. The van der Waals surface area contributed by atoms with E-state index < -0.39 is 15.9 Å². The van der Waals surface area contributed by atoms with E-state index in [2.05, 4.69) is 10.6 Å². The van der Waals surface area contributed by atoms with E-state index in [0.717, 1.165) is 0 Å². The Morgan fingerprint density at radius 1 is 1.04 bits per heavy atom. The minimum atomic E-state index is -3.75. The highest BCUT2D eigenvalue weighted by atomic mass is 32.2. The SMILES string of the molecule is N#CCC(=O)Nc1ccc(C(=O)NCc2ccc(S(N)(=O)=O)cc2)cc1. The molecule has 0 heterocycles. The summed E-state index contributed by atoms with van der Waals surface area (Å²) < 4.78 is 22.4. The van der Waals surface area contributed by atoms with Crippen LogP contribution in [0.4, 0.5) is 5.69 Å². The van der Waals surface area contributed by atoms with Gasteiger partial charge in [0.25, 0.3) is 5.91 Å². The third-order valence-corrected chi connectivity index (χ3v) is 4.30. The zero-order chi connectivity index (χ0) is 19.2. The summed E-state index contributed by atoms with van der Waals surface area (Å²) in [5.74, 6) is -0.747. The van der Waals surface area contributed by atoms with Crippen molar-refractivity contribution in [1.82, 2.24) is 5.32 Å². The molecule has 0 aliphatic rings. The summed E-state index contributed by atoms with van der Waals surface area (Å²) >= 11 is 0. The van der Waals surface area contributed by atoms with E-state index in [9.17, 15) is 18.0 Å². The van der Waals surface area contributed by atoms with Crippen LogP contribution >= 0.6 is 0 Å². The average molecular weight is 372 g/mol. The average Bonchev–Trinajstić information content (AvgIpc) is 2.60. The van der Waals surface area contributed by atoms with Crippen LogP contribution in [0.3, 0.4) is 0 Å². The number of benzene rings is 2. The van der Waals surface area contributed by atoms with Crippen molar-refractivity contribution < 1.29 is 18.0 Å². The summed E-state index contributed by atoms with van der Waals surface area (Å²) in [5.41, 5.74) is 1.59. The van der Waals surface area contributed by atoms with Crippen LogP contribution in [0.15, 0.2) is 53.4 Å². The molecule has 0 atom stereocenters. The quantitative estimate of drug-likeness (QED) is 0.696.